The minimum absolute atomic E-state index is 0.0108. The lowest BCUT2D eigenvalue weighted by Crippen LogP contribution is -2.38. The molecule has 2 rings (SSSR count). The smallest absolute Gasteiger partial charge is 0.326 e. The number of rotatable bonds is 7. The highest BCUT2D eigenvalue weighted by molar-refractivity contribution is 5.95. The van der Waals surface area contributed by atoms with Crippen LogP contribution in [0.1, 0.15) is 51.5 Å². The van der Waals surface area contributed by atoms with E-state index in [-0.39, 0.29) is 18.4 Å². The number of hydrogen-bond acceptors (Lipinski definition) is 4. The van der Waals surface area contributed by atoms with Crippen LogP contribution in [-0.2, 0) is 25.5 Å². The minimum atomic E-state index is -0.931. The summed E-state index contributed by atoms with van der Waals surface area (Å²) in [7, 11) is 0. The second-order valence-electron chi connectivity index (χ2n) is 6.72. The lowest BCUT2D eigenvalue weighted by Gasteiger charge is -2.20. The highest BCUT2D eigenvalue weighted by Crippen LogP contribution is 2.23. The van der Waals surface area contributed by atoms with Gasteiger partial charge in [-0.3, -0.25) is 14.4 Å². The fraction of sp³-hybridized carbons (Fsp3) is 0.550. The number of nitrogens with one attached hydrogen (secondary N) is 2. The molecule has 0 radical (unpaired) electrons. The molecule has 0 aliphatic heterocycles. The first-order chi connectivity index (χ1) is 12.5. The van der Waals surface area contributed by atoms with Gasteiger partial charge in [0, 0.05) is 11.6 Å². The first kappa shape index (κ1) is 19.9. The van der Waals surface area contributed by atoms with Crippen LogP contribution < -0.4 is 10.6 Å². The molecule has 0 unspecified atom stereocenters. The van der Waals surface area contributed by atoms with E-state index in [1.807, 2.05) is 24.3 Å². The molecule has 1 aromatic rings. The van der Waals surface area contributed by atoms with E-state index in [0.717, 1.165) is 32.1 Å². The zero-order valence-corrected chi connectivity index (χ0v) is 15.5. The molecule has 26 heavy (non-hydrogen) atoms. The van der Waals surface area contributed by atoms with Crippen LogP contribution in [-0.4, -0.2) is 30.4 Å². The van der Waals surface area contributed by atoms with Crippen molar-refractivity contribution in [2.75, 3.05) is 11.9 Å². The molecular weight excluding hydrogens is 332 g/mol. The quantitative estimate of drug-likeness (QED) is 0.732. The summed E-state index contributed by atoms with van der Waals surface area (Å²) >= 11 is 0. The van der Waals surface area contributed by atoms with Crippen LogP contribution in [0, 0.1) is 5.92 Å². The molecule has 6 heteroatoms. The predicted molar refractivity (Wildman–Crippen MR) is 99.6 cm³/mol. The van der Waals surface area contributed by atoms with Gasteiger partial charge >= 0.3 is 5.97 Å². The predicted octanol–water partition coefficient (Wildman–Crippen LogP) is 2.82. The number of aryl methyl sites for hydroxylation is 1. The number of ether oxygens (including phenoxy) is 1. The summed E-state index contributed by atoms with van der Waals surface area (Å²) < 4.78 is 5.10. The zero-order chi connectivity index (χ0) is 18.9. The molecule has 6 nitrogen and oxygen atoms in total. The standard InChI is InChI=1S/C20H28N2O4/c1-3-15-9-11-17(12-10-15)22-19(24)14(2)26-18(23)13-21-20(25)16-7-5-4-6-8-16/h9-12,14,16H,3-8,13H2,1-2H3,(H,21,25)(H,22,24)/t14-/m1/s1. The maximum absolute atomic E-state index is 12.1. The summed E-state index contributed by atoms with van der Waals surface area (Å²) in [5.41, 5.74) is 1.83. The molecule has 0 saturated heterocycles. The summed E-state index contributed by atoms with van der Waals surface area (Å²) in [6, 6.07) is 7.51. The first-order valence-corrected chi connectivity index (χ1v) is 9.36. The molecule has 0 bridgehead atoms. The van der Waals surface area contributed by atoms with Gasteiger partial charge in [-0.2, -0.15) is 0 Å². The average Bonchev–Trinajstić information content (AvgIpc) is 2.67. The number of carbonyl (C=O) groups is 3. The highest BCUT2D eigenvalue weighted by Gasteiger charge is 2.23. The van der Waals surface area contributed by atoms with E-state index in [4.69, 9.17) is 4.74 Å². The minimum Gasteiger partial charge on any atom is -0.451 e. The van der Waals surface area contributed by atoms with Gasteiger partial charge < -0.3 is 15.4 Å². The van der Waals surface area contributed by atoms with Crippen LogP contribution in [0.5, 0.6) is 0 Å². The molecular formula is C20H28N2O4. The Hall–Kier alpha value is -2.37. The third kappa shape index (κ3) is 6.17. The van der Waals surface area contributed by atoms with Gasteiger partial charge in [-0.15, -0.1) is 0 Å². The van der Waals surface area contributed by atoms with Crippen LogP contribution in [0.25, 0.3) is 0 Å². The van der Waals surface area contributed by atoms with Crippen molar-refractivity contribution >= 4 is 23.5 Å². The van der Waals surface area contributed by atoms with Gasteiger partial charge in [0.05, 0.1) is 0 Å². The molecule has 0 aromatic heterocycles. The average molecular weight is 360 g/mol. The number of hydrogen-bond donors (Lipinski definition) is 2. The number of anilines is 1. The van der Waals surface area contributed by atoms with Crippen molar-refractivity contribution < 1.29 is 19.1 Å². The summed E-state index contributed by atoms with van der Waals surface area (Å²) in [4.78, 5) is 36.0. The molecule has 142 valence electrons. The van der Waals surface area contributed by atoms with Gasteiger partial charge in [0.15, 0.2) is 6.10 Å². The molecule has 1 aliphatic rings. The van der Waals surface area contributed by atoms with Gasteiger partial charge in [-0.1, -0.05) is 38.3 Å². The van der Waals surface area contributed by atoms with E-state index in [0.29, 0.717) is 5.69 Å². The van der Waals surface area contributed by atoms with Crippen molar-refractivity contribution in [1.82, 2.24) is 5.32 Å². The van der Waals surface area contributed by atoms with E-state index in [1.54, 1.807) is 0 Å². The Balaban J connectivity index is 1.72. The molecule has 1 atom stereocenters. The van der Waals surface area contributed by atoms with Crippen molar-refractivity contribution in [3.8, 4) is 0 Å². The summed E-state index contributed by atoms with van der Waals surface area (Å²) in [5.74, 6) is -1.13. The Morgan fingerprint density at radius 2 is 1.77 bits per heavy atom. The fourth-order valence-electron chi connectivity index (χ4n) is 3.03. The molecule has 1 fully saturated rings. The number of esters is 1. The molecule has 2 amide bonds. The monoisotopic (exact) mass is 360 g/mol. The van der Waals surface area contributed by atoms with E-state index in [9.17, 15) is 14.4 Å². The van der Waals surface area contributed by atoms with Crippen molar-refractivity contribution in [2.24, 2.45) is 5.92 Å². The van der Waals surface area contributed by atoms with Crippen LogP contribution in [0.15, 0.2) is 24.3 Å². The number of carbonyl (C=O) groups excluding carboxylic acids is 3. The third-order valence-corrected chi connectivity index (χ3v) is 4.69. The Labute approximate surface area is 154 Å². The van der Waals surface area contributed by atoms with E-state index in [2.05, 4.69) is 17.6 Å². The molecule has 2 N–H and O–H groups in total. The van der Waals surface area contributed by atoms with E-state index >= 15 is 0 Å². The normalized spacial score (nSPS) is 15.8. The first-order valence-electron chi connectivity index (χ1n) is 9.36. The van der Waals surface area contributed by atoms with Crippen LogP contribution in [0.3, 0.4) is 0 Å². The van der Waals surface area contributed by atoms with Gasteiger partial charge in [-0.05, 0) is 43.9 Å². The van der Waals surface area contributed by atoms with Crippen molar-refractivity contribution in [2.45, 2.75) is 58.5 Å². The maximum Gasteiger partial charge on any atom is 0.326 e. The lowest BCUT2D eigenvalue weighted by atomic mass is 9.89. The molecule has 0 spiro atoms. The molecule has 1 aromatic carbocycles. The second kappa shape index (κ2) is 9.94. The Kier molecular flexibility index (Phi) is 7.63. The van der Waals surface area contributed by atoms with Gasteiger partial charge in [-0.25, -0.2) is 0 Å². The molecule has 0 heterocycles. The van der Waals surface area contributed by atoms with Gasteiger partial charge in [0.1, 0.15) is 6.54 Å². The van der Waals surface area contributed by atoms with Crippen molar-refractivity contribution in [1.29, 1.82) is 0 Å². The van der Waals surface area contributed by atoms with Crippen molar-refractivity contribution in [3.05, 3.63) is 29.8 Å². The second-order valence-corrected chi connectivity index (χ2v) is 6.72. The fourth-order valence-corrected chi connectivity index (χ4v) is 3.03. The molecule has 1 saturated carbocycles. The lowest BCUT2D eigenvalue weighted by molar-refractivity contribution is -0.153. The van der Waals surface area contributed by atoms with Gasteiger partial charge in [0.2, 0.25) is 5.91 Å². The Bertz CT molecular complexity index is 621. The largest absolute Gasteiger partial charge is 0.451 e. The van der Waals surface area contributed by atoms with Crippen molar-refractivity contribution in [3.63, 3.8) is 0 Å². The van der Waals surface area contributed by atoms with Crippen LogP contribution in [0.2, 0.25) is 0 Å². The Morgan fingerprint density at radius 3 is 2.38 bits per heavy atom. The van der Waals surface area contributed by atoms with E-state index < -0.39 is 18.0 Å². The SMILES string of the molecule is CCc1ccc(NC(=O)[C@@H](C)OC(=O)CNC(=O)C2CCCCC2)cc1. The number of amides is 2. The topological polar surface area (TPSA) is 84.5 Å². The van der Waals surface area contributed by atoms with Crippen LogP contribution in [0.4, 0.5) is 5.69 Å². The zero-order valence-electron chi connectivity index (χ0n) is 15.5. The third-order valence-electron chi connectivity index (χ3n) is 4.69. The molecule has 1 aliphatic carbocycles. The van der Waals surface area contributed by atoms with Crippen LogP contribution >= 0.6 is 0 Å². The number of benzene rings is 1. The summed E-state index contributed by atoms with van der Waals surface area (Å²) in [6.45, 7) is 3.36. The highest BCUT2D eigenvalue weighted by atomic mass is 16.5. The van der Waals surface area contributed by atoms with Gasteiger partial charge in [0.25, 0.3) is 5.91 Å². The summed E-state index contributed by atoms with van der Waals surface area (Å²) in [5, 5.41) is 5.33. The maximum atomic E-state index is 12.1. The van der Waals surface area contributed by atoms with E-state index in [1.165, 1.54) is 18.9 Å². The Morgan fingerprint density at radius 1 is 1.12 bits per heavy atom. The summed E-state index contributed by atoms with van der Waals surface area (Å²) in [6.07, 6.45) is 5.01.